The lowest BCUT2D eigenvalue weighted by atomic mass is 10.1. The van der Waals surface area contributed by atoms with Crippen molar-refractivity contribution >= 4 is 33.0 Å². The molecule has 0 radical (unpaired) electrons. The molecular weight excluding hydrogens is 238 g/mol. The van der Waals surface area contributed by atoms with Gasteiger partial charge in [-0.05, 0) is 49.0 Å². The molecule has 1 aliphatic heterocycles. The number of rotatable bonds is 2. The maximum atomic E-state index is 6.28. The van der Waals surface area contributed by atoms with Crippen LogP contribution in [0.15, 0.2) is 23.6 Å². The zero-order chi connectivity index (χ0) is 11.0. The van der Waals surface area contributed by atoms with E-state index < -0.39 is 0 Å². The van der Waals surface area contributed by atoms with Crippen molar-refractivity contribution in [3.63, 3.8) is 0 Å². The van der Waals surface area contributed by atoms with Crippen LogP contribution in [0.3, 0.4) is 0 Å². The maximum Gasteiger partial charge on any atom is 0.0496 e. The second-order valence-electron chi connectivity index (χ2n) is 4.36. The Morgan fingerprint density at radius 3 is 2.88 bits per heavy atom. The number of benzene rings is 1. The molecule has 1 aliphatic rings. The zero-order valence-corrected chi connectivity index (χ0v) is 10.7. The average molecular weight is 252 g/mol. The summed E-state index contributed by atoms with van der Waals surface area (Å²) in [7, 11) is 0. The molecule has 0 atom stereocenters. The van der Waals surface area contributed by atoms with Gasteiger partial charge in [0.05, 0.1) is 0 Å². The summed E-state index contributed by atoms with van der Waals surface area (Å²) in [5.74, 6) is 0. The minimum Gasteiger partial charge on any atom is -0.299 e. The average Bonchev–Trinajstić information content (AvgIpc) is 2.90. The third-order valence-corrected chi connectivity index (χ3v) is 4.53. The van der Waals surface area contributed by atoms with Gasteiger partial charge in [0.25, 0.3) is 0 Å². The van der Waals surface area contributed by atoms with Gasteiger partial charge in [0.15, 0.2) is 0 Å². The van der Waals surface area contributed by atoms with Crippen LogP contribution in [0.2, 0.25) is 5.02 Å². The van der Waals surface area contributed by atoms with Crippen LogP contribution < -0.4 is 0 Å². The molecule has 1 aromatic heterocycles. The van der Waals surface area contributed by atoms with Gasteiger partial charge in [-0.15, -0.1) is 11.3 Å². The van der Waals surface area contributed by atoms with Crippen LogP contribution in [0.4, 0.5) is 0 Å². The summed E-state index contributed by atoms with van der Waals surface area (Å²) in [5, 5.41) is 4.42. The van der Waals surface area contributed by atoms with Crippen LogP contribution in [0, 0.1) is 0 Å². The summed E-state index contributed by atoms with van der Waals surface area (Å²) in [6, 6.07) is 6.17. The lowest BCUT2D eigenvalue weighted by molar-refractivity contribution is 0.333. The molecule has 3 heteroatoms. The van der Waals surface area contributed by atoms with Crippen molar-refractivity contribution in [2.24, 2.45) is 0 Å². The van der Waals surface area contributed by atoms with E-state index in [0.717, 1.165) is 11.6 Å². The van der Waals surface area contributed by atoms with Crippen molar-refractivity contribution in [1.82, 2.24) is 4.90 Å². The number of fused-ring (bicyclic) bond motifs is 1. The standard InChI is InChI=1S/C13H14ClNS/c14-11-4-3-5-12-13(11)10(9-16-12)8-15-6-1-2-7-15/h3-5,9H,1-2,6-8H2. The van der Waals surface area contributed by atoms with Gasteiger partial charge in [-0.2, -0.15) is 0 Å². The van der Waals surface area contributed by atoms with Gasteiger partial charge in [-0.25, -0.2) is 0 Å². The molecule has 2 heterocycles. The summed E-state index contributed by atoms with van der Waals surface area (Å²) in [6.45, 7) is 3.54. The fraction of sp³-hybridized carbons (Fsp3) is 0.385. The number of nitrogens with zero attached hydrogens (tertiary/aromatic N) is 1. The molecule has 1 nitrogen and oxygen atoms in total. The summed E-state index contributed by atoms with van der Waals surface area (Å²) in [4.78, 5) is 2.52. The number of hydrogen-bond acceptors (Lipinski definition) is 2. The van der Waals surface area contributed by atoms with Crippen molar-refractivity contribution in [1.29, 1.82) is 0 Å². The largest absolute Gasteiger partial charge is 0.299 e. The summed E-state index contributed by atoms with van der Waals surface area (Å²) < 4.78 is 1.31. The maximum absolute atomic E-state index is 6.28. The molecule has 84 valence electrons. The molecule has 16 heavy (non-hydrogen) atoms. The van der Waals surface area contributed by atoms with Crippen LogP contribution in [0.5, 0.6) is 0 Å². The van der Waals surface area contributed by atoms with E-state index in [1.165, 1.54) is 41.6 Å². The van der Waals surface area contributed by atoms with E-state index in [1.54, 1.807) is 11.3 Å². The van der Waals surface area contributed by atoms with Gasteiger partial charge in [0.1, 0.15) is 0 Å². The first-order valence-corrected chi connectivity index (χ1v) is 6.97. The van der Waals surface area contributed by atoms with E-state index in [1.807, 2.05) is 12.1 Å². The fourth-order valence-corrected chi connectivity index (χ4v) is 3.74. The Morgan fingerprint density at radius 2 is 2.06 bits per heavy atom. The highest BCUT2D eigenvalue weighted by Crippen LogP contribution is 2.33. The molecule has 1 fully saturated rings. The Labute approximate surface area is 105 Å². The molecule has 0 unspecified atom stereocenters. The third kappa shape index (κ3) is 1.86. The number of thiophene rings is 1. The fourth-order valence-electron chi connectivity index (χ4n) is 2.41. The minimum atomic E-state index is 0.896. The van der Waals surface area contributed by atoms with Gasteiger partial charge in [0.2, 0.25) is 0 Å². The molecule has 1 aromatic carbocycles. The van der Waals surface area contributed by atoms with Crippen molar-refractivity contribution in [3.05, 3.63) is 34.2 Å². The van der Waals surface area contributed by atoms with Gasteiger partial charge < -0.3 is 0 Å². The Bertz CT molecular complexity index is 500. The quantitative estimate of drug-likeness (QED) is 0.775. The molecule has 3 rings (SSSR count). The Hall–Kier alpha value is -0.570. The van der Waals surface area contributed by atoms with Crippen LogP contribution >= 0.6 is 22.9 Å². The van der Waals surface area contributed by atoms with Crippen LogP contribution in [-0.2, 0) is 6.54 Å². The van der Waals surface area contributed by atoms with Crippen LogP contribution in [0.1, 0.15) is 18.4 Å². The number of hydrogen-bond donors (Lipinski definition) is 0. The third-order valence-electron chi connectivity index (χ3n) is 3.22. The molecule has 0 amide bonds. The zero-order valence-electron chi connectivity index (χ0n) is 9.08. The van der Waals surface area contributed by atoms with Gasteiger partial charge in [-0.1, -0.05) is 17.7 Å². The lowest BCUT2D eigenvalue weighted by Crippen LogP contribution is -2.17. The second-order valence-corrected chi connectivity index (χ2v) is 5.68. The first-order valence-electron chi connectivity index (χ1n) is 5.71. The lowest BCUT2D eigenvalue weighted by Gasteiger charge is -2.13. The van der Waals surface area contributed by atoms with Crippen LogP contribution in [0.25, 0.3) is 10.1 Å². The van der Waals surface area contributed by atoms with E-state index in [0.29, 0.717) is 0 Å². The molecule has 2 aromatic rings. The topological polar surface area (TPSA) is 3.24 Å². The Kier molecular flexibility index (Phi) is 2.88. The van der Waals surface area contributed by atoms with Crippen molar-refractivity contribution in [2.45, 2.75) is 19.4 Å². The molecule has 0 aliphatic carbocycles. The monoisotopic (exact) mass is 251 g/mol. The van der Waals surface area contributed by atoms with E-state index in [-0.39, 0.29) is 0 Å². The first kappa shape index (κ1) is 10.6. The summed E-state index contributed by atoms with van der Waals surface area (Å²) in [6.07, 6.45) is 2.69. The second kappa shape index (κ2) is 4.36. The predicted molar refractivity (Wildman–Crippen MR) is 71.3 cm³/mol. The molecule has 0 bridgehead atoms. The molecular formula is C13H14ClNS. The first-order chi connectivity index (χ1) is 7.84. The van der Waals surface area contributed by atoms with E-state index in [2.05, 4.69) is 16.3 Å². The van der Waals surface area contributed by atoms with Crippen molar-refractivity contribution < 1.29 is 0 Å². The van der Waals surface area contributed by atoms with Crippen LogP contribution in [-0.4, -0.2) is 18.0 Å². The molecule has 0 N–H and O–H groups in total. The number of likely N-dealkylation sites (tertiary alicyclic amines) is 1. The number of halogens is 1. The highest BCUT2D eigenvalue weighted by atomic mass is 35.5. The highest BCUT2D eigenvalue weighted by Gasteiger charge is 2.15. The normalized spacial score (nSPS) is 17.3. The van der Waals surface area contributed by atoms with E-state index in [9.17, 15) is 0 Å². The van der Waals surface area contributed by atoms with E-state index in [4.69, 9.17) is 11.6 Å². The Balaban J connectivity index is 1.97. The van der Waals surface area contributed by atoms with Crippen molar-refractivity contribution in [2.75, 3.05) is 13.1 Å². The van der Waals surface area contributed by atoms with Gasteiger partial charge in [0, 0.05) is 21.7 Å². The smallest absolute Gasteiger partial charge is 0.0496 e. The molecule has 0 saturated carbocycles. The molecule has 1 saturated heterocycles. The van der Waals surface area contributed by atoms with Crippen molar-refractivity contribution in [3.8, 4) is 0 Å². The summed E-state index contributed by atoms with van der Waals surface area (Å²) >= 11 is 8.08. The summed E-state index contributed by atoms with van der Waals surface area (Å²) in [5.41, 5.74) is 1.40. The molecule has 0 spiro atoms. The Morgan fingerprint density at radius 1 is 1.25 bits per heavy atom. The van der Waals surface area contributed by atoms with E-state index >= 15 is 0 Å². The predicted octanol–water partition coefficient (Wildman–Crippen LogP) is 4.15. The van der Waals surface area contributed by atoms with Gasteiger partial charge >= 0.3 is 0 Å². The minimum absolute atomic E-state index is 0.896. The SMILES string of the molecule is Clc1cccc2scc(CN3CCCC3)c12. The highest BCUT2D eigenvalue weighted by molar-refractivity contribution is 7.17. The van der Waals surface area contributed by atoms with Gasteiger partial charge in [-0.3, -0.25) is 4.90 Å².